The molecule has 0 atom stereocenters. The molecule has 0 aliphatic heterocycles. The van der Waals surface area contributed by atoms with Gasteiger partial charge in [-0.1, -0.05) is 22.0 Å². The van der Waals surface area contributed by atoms with E-state index in [2.05, 4.69) is 26.2 Å². The van der Waals surface area contributed by atoms with E-state index in [9.17, 15) is 9.59 Å². The van der Waals surface area contributed by atoms with Gasteiger partial charge in [-0.25, -0.2) is 0 Å². The fraction of sp³-hybridized carbons (Fsp3) is 0.0769. The third-order valence-electron chi connectivity index (χ3n) is 2.39. The number of Topliss-reactive ketones (excluding diaryl/α,β-unsaturated/α-hetero) is 1. The van der Waals surface area contributed by atoms with Crippen LogP contribution in [0.4, 0.5) is 5.69 Å². The average molecular weight is 307 g/mol. The summed E-state index contributed by atoms with van der Waals surface area (Å²) in [6, 6.07) is 10.5. The van der Waals surface area contributed by atoms with Crippen LogP contribution in [0.5, 0.6) is 0 Å². The van der Waals surface area contributed by atoms with E-state index in [1.165, 1.54) is 6.92 Å². The Labute approximate surface area is 113 Å². The van der Waals surface area contributed by atoms with Crippen molar-refractivity contribution in [3.05, 3.63) is 52.3 Å². The third kappa shape index (κ3) is 2.87. The highest BCUT2D eigenvalue weighted by Crippen LogP contribution is 2.16. The van der Waals surface area contributed by atoms with Gasteiger partial charge in [0.05, 0.1) is 5.69 Å². The number of carbonyl (C=O) groups excluding carboxylic acids is 2. The van der Waals surface area contributed by atoms with Crippen molar-refractivity contribution >= 4 is 33.3 Å². The molecular formula is C13H11BrN2O2. The first-order valence-electron chi connectivity index (χ1n) is 5.33. The van der Waals surface area contributed by atoms with E-state index in [1.54, 1.807) is 24.3 Å². The highest BCUT2D eigenvalue weighted by molar-refractivity contribution is 9.10. The van der Waals surface area contributed by atoms with E-state index in [1.807, 2.05) is 12.1 Å². The molecule has 0 aliphatic rings. The lowest BCUT2D eigenvalue weighted by molar-refractivity contribution is 0.101. The van der Waals surface area contributed by atoms with Crippen LogP contribution in [-0.2, 0) is 0 Å². The summed E-state index contributed by atoms with van der Waals surface area (Å²) < 4.78 is 0.885. The van der Waals surface area contributed by atoms with Crippen LogP contribution in [0.1, 0.15) is 27.9 Å². The van der Waals surface area contributed by atoms with Gasteiger partial charge >= 0.3 is 0 Å². The van der Waals surface area contributed by atoms with E-state index in [0.717, 1.165) is 4.47 Å². The van der Waals surface area contributed by atoms with Gasteiger partial charge in [-0.05, 0) is 30.3 Å². The Morgan fingerprint density at radius 3 is 2.50 bits per heavy atom. The molecule has 0 bridgehead atoms. The fourth-order valence-corrected chi connectivity index (χ4v) is 1.90. The first kappa shape index (κ1) is 12.6. The third-order valence-corrected chi connectivity index (χ3v) is 2.89. The number of ketones is 1. The molecular weight excluding hydrogens is 296 g/mol. The number of anilines is 1. The number of aromatic amines is 1. The summed E-state index contributed by atoms with van der Waals surface area (Å²) in [5.41, 5.74) is 1.47. The number of H-pyrrole nitrogens is 1. The summed E-state index contributed by atoms with van der Waals surface area (Å²) in [7, 11) is 0. The van der Waals surface area contributed by atoms with Gasteiger partial charge in [-0.3, -0.25) is 9.59 Å². The van der Waals surface area contributed by atoms with Crippen LogP contribution >= 0.6 is 15.9 Å². The molecule has 18 heavy (non-hydrogen) atoms. The molecule has 2 rings (SSSR count). The molecule has 0 spiro atoms. The number of amides is 1. The van der Waals surface area contributed by atoms with E-state index in [0.29, 0.717) is 17.1 Å². The van der Waals surface area contributed by atoms with Gasteiger partial charge in [0.15, 0.2) is 5.78 Å². The lowest BCUT2D eigenvalue weighted by atomic mass is 10.3. The van der Waals surface area contributed by atoms with Gasteiger partial charge in [-0.15, -0.1) is 0 Å². The maximum atomic E-state index is 11.9. The quantitative estimate of drug-likeness (QED) is 0.855. The average Bonchev–Trinajstić information content (AvgIpc) is 2.78. The summed E-state index contributed by atoms with van der Waals surface area (Å²) >= 11 is 3.33. The lowest BCUT2D eigenvalue weighted by Crippen LogP contribution is -2.12. The molecule has 4 nitrogen and oxygen atoms in total. The number of rotatable bonds is 3. The molecule has 1 heterocycles. The van der Waals surface area contributed by atoms with E-state index in [-0.39, 0.29) is 11.7 Å². The molecule has 5 heteroatoms. The first-order chi connectivity index (χ1) is 8.56. The van der Waals surface area contributed by atoms with Crippen molar-refractivity contribution in [2.24, 2.45) is 0 Å². The van der Waals surface area contributed by atoms with Crippen LogP contribution in [0.15, 0.2) is 40.9 Å². The summed E-state index contributed by atoms with van der Waals surface area (Å²) in [6.45, 7) is 1.45. The van der Waals surface area contributed by atoms with Crippen molar-refractivity contribution in [1.29, 1.82) is 0 Å². The van der Waals surface area contributed by atoms with Crippen LogP contribution in [0.25, 0.3) is 0 Å². The van der Waals surface area contributed by atoms with Gasteiger partial charge in [0.2, 0.25) is 0 Å². The molecule has 0 saturated carbocycles. The highest BCUT2D eigenvalue weighted by Gasteiger charge is 2.10. The second kappa shape index (κ2) is 5.18. The Bertz CT molecular complexity index is 605. The predicted octanol–water partition coefficient (Wildman–Crippen LogP) is 3.23. The Morgan fingerprint density at radius 1 is 1.17 bits per heavy atom. The number of aromatic nitrogens is 1. The van der Waals surface area contributed by atoms with Crippen LogP contribution in [-0.4, -0.2) is 16.7 Å². The molecule has 0 radical (unpaired) electrons. The molecule has 1 aromatic carbocycles. The number of carbonyl (C=O) groups is 2. The summed E-state index contributed by atoms with van der Waals surface area (Å²) in [4.78, 5) is 25.8. The maximum absolute atomic E-state index is 11.9. The summed E-state index contributed by atoms with van der Waals surface area (Å²) in [6.07, 6.45) is 0. The topological polar surface area (TPSA) is 62.0 Å². The predicted molar refractivity (Wildman–Crippen MR) is 72.9 cm³/mol. The molecule has 0 unspecified atom stereocenters. The van der Waals surface area contributed by atoms with Gasteiger partial charge < -0.3 is 10.3 Å². The van der Waals surface area contributed by atoms with Crippen molar-refractivity contribution in [2.75, 3.05) is 5.32 Å². The van der Waals surface area contributed by atoms with Crippen molar-refractivity contribution in [1.82, 2.24) is 4.98 Å². The molecule has 1 amide bonds. The molecule has 2 N–H and O–H groups in total. The fourth-order valence-electron chi connectivity index (χ4n) is 1.50. The van der Waals surface area contributed by atoms with Crippen LogP contribution in [0.3, 0.4) is 0 Å². The first-order valence-corrected chi connectivity index (χ1v) is 6.12. The molecule has 0 aliphatic carbocycles. The zero-order valence-corrected chi connectivity index (χ0v) is 11.2. The van der Waals surface area contributed by atoms with Crippen molar-refractivity contribution in [3.8, 4) is 0 Å². The minimum absolute atomic E-state index is 0.100. The molecule has 2 aromatic rings. The van der Waals surface area contributed by atoms with E-state index >= 15 is 0 Å². The van der Waals surface area contributed by atoms with Gasteiger partial charge in [0.25, 0.3) is 5.91 Å². The van der Waals surface area contributed by atoms with E-state index < -0.39 is 0 Å². The monoisotopic (exact) mass is 306 g/mol. The maximum Gasteiger partial charge on any atom is 0.272 e. The zero-order valence-electron chi connectivity index (χ0n) is 9.66. The van der Waals surface area contributed by atoms with Crippen LogP contribution in [0.2, 0.25) is 0 Å². The lowest BCUT2D eigenvalue weighted by Gasteiger charge is -2.03. The largest absolute Gasteiger partial charge is 0.348 e. The molecule has 92 valence electrons. The Morgan fingerprint density at radius 2 is 1.89 bits per heavy atom. The number of nitrogens with one attached hydrogen (secondary N) is 2. The molecule has 0 saturated heterocycles. The molecule has 1 aromatic heterocycles. The number of hydrogen-bond acceptors (Lipinski definition) is 2. The minimum atomic E-state index is -0.277. The highest BCUT2D eigenvalue weighted by atomic mass is 79.9. The van der Waals surface area contributed by atoms with Gasteiger partial charge in [0, 0.05) is 17.1 Å². The second-order valence-corrected chi connectivity index (χ2v) is 4.72. The summed E-state index contributed by atoms with van der Waals surface area (Å²) in [5, 5.41) is 2.74. The Kier molecular flexibility index (Phi) is 3.62. The smallest absolute Gasteiger partial charge is 0.272 e. The number of benzene rings is 1. The SMILES string of the molecule is CC(=O)c1ccc(C(=O)Nc2cccc(Br)c2)[nH]1. The normalized spacial score (nSPS) is 10.1. The van der Waals surface area contributed by atoms with Gasteiger partial charge in [-0.2, -0.15) is 0 Å². The standard InChI is InChI=1S/C13H11BrN2O2/c1-8(17)11-5-6-12(16-11)13(18)15-10-4-2-3-9(14)7-10/h2-7,16H,1H3,(H,15,18). The zero-order chi connectivity index (χ0) is 13.1. The van der Waals surface area contributed by atoms with Crippen molar-refractivity contribution in [2.45, 2.75) is 6.92 Å². The van der Waals surface area contributed by atoms with E-state index in [4.69, 9.17) is 0 Å². The van der Waals surface area contributed by atoms with Crippen LogP contribution in [0, 0.1) is 0 Å². The Hall–Kier alpha value is -1.88. The minimum Gasteiger partial charge on any atom is -0.348 e. The number of hydrogen-bond donors (Lipinski definition) is 2. The molecule has 0 fully saturated rings. The van der Waals surface area contributed by atoms with Crippen molar-refractivity contribution in [3.63, 3.8) is 0 Å². The second-order valence-electron chi connectivity index (χ2n) is 3.81. The van der Waals surface area contributed by atoms with Crippen LogP contribution < -0.4 is 5.32 Å². The van der Waals surface area contributed by atoms with Crippen molar-refractivity contribution < 1.29 is 9.59 Å². The number of halogens is 1. The van der Waals surface area contributed by atoms with Gasteiger partial charge in [0.1, 0.15) is 5.69 Å². The summed E-state index contributed by atoms with van der Waals surface area (Å²) in [5.74, 6) is -0.378. The Balaban J connectivity index is 2.14.